The van der Waals surface area contributed by atoms with E-state index in [1.54, 1.807) is 0 Å². The van der Waals surface area contributed by atoms with Crippen molar-refractivity contribution in [1.82, 2.24) is 4.98 Å². The zero-order valence-corrected chi connectivity index (χ0v) is 10.0. The highest BCUT2D eigenvalue weighted by Crippen LogP contribution is 2.32. The fraction of sp³-hybridized carbons (Fsp3) is 0.545. The number of nitrogen functional groups attached to an aromatic ring is 1. The van der Waals surface area contributed by atoms with Crippen molar-refractivity contribution in [2.75, 3.05) is 17.3 Å². The van der Waals surface area contributed by atoms with Gasteiger partial charge in [-0.2, -0.15) is 13.2 Å². The van der Waals surface area contributed by atoms with Crippen LogP contribution in [0.4, 0.5) is 24.8 Å². The number of halogens is 3. The highest BCUT2D eigenvalue weighted by Gasteiger charge is 2.32. The van der Waals surface area contributed by atoms with Crippen LogP contribution in [0.25, 0.3) is 0 Å². The average Bonchev–Trinajstić information content (AvgIpc) is 2.31. The predicted octanol–water partition coefficient (Wildman–Crippen LogP) is 1.57. The third-order valence-electron chi connectivity index (χ3n) is 3.08. The topological polar surface area (TPSA) is 83.2 Å². The van der Waals surface area contributed by atoms with Crippen LogP contribution in [0, 0.1) is 5.92 Å². The second-order valence-electron chi connectivity index (χ2n) is 4.64. The number of alkyl halides is 3. The molecule has 1 aromatic heterocycles. The zero-order valence-electron chi connectivity index (χ0n) is 10.0. The first kappa shape index (κ1) is 13.9. The first-order valence-corrected chi connectivity index (χ1v) is 5.86. The summed E-state index contributed by atoms with van der Waals surface area (Å²) in [5.74, 6) is 5.43. The van der Waals surface area contributed by atoms with Crippen molar-refractivity contribution in [3.8, 4) is 0 Å². The van der Waals surface area contributed by atoms with Gasteiger partial charge in [-0.05, 0) is 30.9 Å². The molecule has 0 amide bonds. The van der Waals surface area contributed by atoms with E-state index in [1.165, 1.54) is 0 Å². The SMILES string of the molecule is NNc1cc(C(F)(F)F)cc(NCC2CC(O)C2)n1. The van der Waals surface area contributed by atoms with Gasteiger partial charge < -0.3 is 15.8 Å². The molecule has 0 bridgehead atoms. The molecule has 1 saturated carbocycles. The molecule has 0 radical (unpaired) electrons. The van der Waals surface area contributed by atoms with Crippen LogP contribution in [0.1, 0.15) is 18.4 Å². The van der Waals surface area contributed by atoms with E-state index < -0.39 is 11.7 Å². The number of anilines is 2. The van der Waals surface area contributed by atoms with Crippen LogP contribution >= 0.6 is 0 Å². The quantitative estimate of drug-likeness (QED) is 0.495. The number of nitrogens with one attached hydrogen (secondary N) is 2. The van der Waals surface area contributed by atoms with Crippen molar-refractivity contribution in [3.63, 3.8) is 0 Å². The molecule has 1 heterocycles. The minimum absolute atomic E-state index is 0.0500. The summed E-state index contributed by atoms with van der Waals surface area (Å²) in [5.41, 5.74) is 1.30. The standard InChI is InChI=1S/C11H15F3N4O/c12-11(13,14)7-3-9(17-10(4-7)18-15)16-5-6-1-8(19)2-6/h3-4,6,8,19H,1-2,5,15H2,(H2,16,17,18). The molecule has 1 aliphatic rings. The summed E-state index contributed by atoms with van der Waals surface area (Å²) >= 11 is 0. The maximum Gasteiger partial charge on any atom is 0.416 e. The monoisotopic (exact) mass is 276 g/mol. The van der Waals surface area contributed by atoms with Gasteiger partial charge in [-0.3, -0.25) is 0 Å². The molecule has 1 aromatic rings. The second-order valence-corrected chi connectivity index (χ2v) is 4.64. The Hall–Kier alpha value is -1.54. The smallest absolute Gasteiger partial charge is 0.393 e. The van der Waals surface area contributed by atoms with Gasteiger partial charge >= 0.3 is 6.18 Å². The summed E-state index contributed by atoms with van der Waals surface area (Å²) < 4.78 is 38.0. The number of aliphatic hydroxyl groups excluding tert-OH is 1. The summed E-state index contributed by atoms with van der Waals surface area (Å²) in [6, 6.07) is 1.79. The summed E-state index contributed by atoms with van der Waals surface area (Å²) in [4.78, 5) is 3.91. The van der Waals surface area contributed by atoms with E-state index in [2.05, 4.69) is 15.7 Å². The highest BCUT2D eigenvalue weighted by molar-refractivity contribution is 5.49. The van der Waals surface area contributed by atoms with Gasteiger partial charge in [0.15, 0.2) is 0 Å². The van der Waals surface area contributed by atoms with Crippen molar-refractivity contribution in [1.29, 1.82) is 0 Å². The Balaban J connectivity index is 2.06. The highest BCUT2D eigenvalue weighted by atomic mass is 19.4. The molecule has 1 aliphatic carbocycles. The number of hydrogen-bond acceptors (Lipinski definition) is 5. The zero-order chi connectivity index (χ0) is 14.0. The van der Waals surface area contributed by atoms with E-state index in [-0.39, 0.29) is 23.7 Å². The number of rotatable bonds is 4. The lowest BCUT2D eigenvalue weighted by atomic mass is 9.82. The fourth-order valence-corrected chi connectivity index (χ4v) is 1.97. The third-order valence-corrected chi connectivity index (χ3v) is 3.08. The van der Waals surface area contributed by atoms with Crippen molar-refractivity contribution < 1.29 is 18.3 Å². The first-order chi connectivity index (χ1) is 8.88. The van der Waals surface area contributed by atoms with E-state index >= 15 is 0 Å². The molecule has 5 nitrogen and oxygen atoms in total. The third kappa shape index (κ3) is 3.48. The van der Waals surface area contributed by atoms with Crippen molar-refractivity contribution in [2.24, 2.45) is 11.8 Å². The van der Waals surface area contributed by atoms with Crippen LogP contribution in [0.15, 0.2) is 12.1 Å². The maximum atomic E-state index is 12.7. The molecule has 2 rings (SSSR count). The predicted molar refractivity (Wildman–Crippen MR) is 64.3 cm³/mol. The number of hydrogen-bond donors (Lipinski definition) is 4. The Morgan fingerprint density at radius 1 is 1.32 bits per heavy atom. The molecule has 0 aromatic carbocycles. The summed E-state index contributed by atoms with van der Waals surface area (Å²) in [6.45, 7) is 0.482. The van der Waals surface area contributed by atoms with Gasteiger partial charge in [0, 0.05) is 6.54 Å². The molecule has 8 heteroatoms. The number of nitrogens with two attached hydrogens (primary N) is 1. The summed E-state index contributed by atoms with van der Waals surface area (Å²) in [6.07, 6.45) is -3.41. The van der Waals surface area contributed by atoms with E-state index in [0.717, 1.165) is 12.1 Å². The minimum atomic E-state index is -4.45. The molecule has 5 N–H and O–H groups in total. The normalized spacial score (nSPS) is 22.8. The number of nitrogens with zero attached hydrogens (tertiary/aromatic N) is 1. The number of pyridine rings is 1. The lowest BCUT2D eigenvalue weighted by molar-refractivity contribution is -0.137. The van der Waals surface area contributed by atoms with Gasteiger partial charge in [-0.15, -0.1) is 0 Å². The Morgan fingerprint density at radius 2 is 1.95 bits per heavy atom. The lowest BCUT2D eigenvalue weighted by Crippen LogP contribution is -2.33. The maximum absolute atomic E-state index is 12.7. The number of aromatic nitrogens is 1. The van der Waals surface area contributed by atoms with Gasteiger partial charge in [0.05, 0.1) is 11.7 Å². The van der Waals surface area contributed by atoms with Crippen LogP contribution in [-0.2, 0) is 6.18 Å². The molecule has 0 saturated heterocycles. The van der Waals surface area contributed by atoms with Crippen LogP contribution < -0.4 is 16.6 Å². The molecular formula is C11H15F3N4O. The molecular weight excluding hydrogens is 261 g/mol. The Bertz CT molecular complexity index is 446. The molecule has 0 spiro atoms. The van der Waals surface area contributed by atoms with Gasteiger partial charge in [0.1, 0.15) is 11.6 Å². The summed E-state index contributed by atoms with van der Waals surface area (Å²) in [5, 5.41) is 12.0. The van der Waals surface area contributed by atoms with E-state index in [4.69, 9.17) is 10.9 Å². The van der Waals surface area contributed by atoms with Crippen LogP contribution in [0.5, 0.6) is 0 Å². The number of aliphatic hydroxyl groups is 1. The first-order valence-electron chi connectivity index (χ1n) is 5.86. The lowest BCUT2D eigenvalue weighted by Gasteiger charge is -2.31. The Morgan fingerprint density at radius 3 is 2.47 bits per heavy atom. The fourth-order valence-electron chi connectivity index (χ4n) is 1.97. The van der Waals surface area contributed by atoms with Crippen molar-refractivity contribution in [3.05, 3.63) is 17.7 Å². The molecule has 0 unspecified atom stereocenters. The van der Waals surface area contributed by atoms with Crippen molar-refractivity contribution in [2.45, 2.75) is 25.1 Å². The Labute approximate surface area is 108 Å². The summed E-state index contributed by atoms with van der Waals surface area (Å²) in [7, 11) is 0. The number of hydrazine groups is 1. The largest absolute Gasteiger partial charge is 0.416 e. The van der Waals surface area contributed by atoms with Crippen molar-refractivity contribution >= 4 is 11.6 Å². The molecule has 106 valence electrons. The average molecular weight is 276 g/mol. The van der Waals surface area contributed by atoms with Gasteiger partial charge in [-0.25, -0.2) is 10.8 Å². The van der Waals surface area contributed by atoms with Gasteiger partial charge in [0.2, 0.25) is 0 Å². The van der Waals surface area contributed by atoms with Gasteiger partial charge in [0.25, 0.3) is 0 Å². The van der Waals surface area contributed by atoms with E-state index in [1.807, 2.05) is 0 Å². The Kier molecular flexibility index (Phi) is 3.81. The molecule has 0 atom stereocenters. The van der Waals surface area contributed by atoms with Crippen LogP contribution in [0.3, 0.4) is 0 Å². The second kappa shape index (κ2) is 5.22. The molecule has 1 fully saturated rings. The van der Waals surface area contributed by atoms with E-state index in [0.29, 0.717) is 19.4 Å². The molecule has 0 aliphatic heterocycles. The van der Waals surface area contributed by atoms with Crippen LogP contribution in [-0.4, -0.2) is 22.7 Å². The van der Waals surface area contributed by atoms with Crippen LogP contribution in [0.2, 0.25) is 0 Å². The minimum Gasteiger partial charge on any atom is -0.393 e. The van der Waals surface area contributed by atoms with Gasteiger partial charge in [-0.1, -0.05) is 0 Å². The van der Waals surface area contributed by atoms with E-state index in [9.17, 15) is 13.2 Å². The molecule has 19 heavy (non-hydrogen) atoms.